The number of rotatable bonds is 3. The van der Waals surface area contributed by atoms with Crippen LogP contribution in [0.15, 0.2) is 66.6 Å². The summed E-state index contributed by atoms with van der Waals surface area (Å²) < 4.78 is 32.0. The minimum Gasteiger partial charge on any atom is -0.257 e. The maximum Gasteiger partial charge on any atom is 0.0840 e. The van der Waals surface area contributed by atoms with E-state index in [1.54, 1.807) is 11.3 Å². The fourth-order valence-electron chi connectivity index (χ4n) is 2.10. The number of hydrogen-bond acceptors (Lipinski definition) is 2. The molecule has 0 aliphatic rings. The molecule has 0 saturated carbocycles. The van der Waals surface area contributed by atoms with E-state index >= 15 is 0 Å². The lowest BCUT2D eigenvalue weighted by molar-refractivity contribution is 1.59. The van der Waals surface area contributed by atoms with E-state index in [0.717, 1.165) is 38.8 Å². The van der Waals surface area contributed by atoms with Crippen molar-refractivity contribution in [2.45, 2.75) is 0 Å². The first-order chi connectivity index (χ1) is 11.2. The molecule has 2 heteroatoms. The highest BCUT2D eigenvalue weighted by Gasteiger charge is 2.09. The fraction of sp³-hybridized carbons (Fsp3) is 0. The van der Waals surface area contributed by atoms with Crippen molar-refractivity contribution in [2.75, 3.05) is 0 Å². The van der Waals surface area contributed by atoms with Crippen molar-refractivity contribution in [2.24, 2.45) is 4.99 Å². The summed E-state index contributed by atoms with van der Waals surface area (Å²) in [6.07, 6.45) is -0.323. The van der Waals surface area contributed by atoms with Crippen LogP contribution in [0, 0.1) is 0 Å². The summed E-state index contributed by atoms with van der Waals surface area (Å²) in [6, 6.07) is 13.6. The molecule has 0 aliphatic carbocycles. The number of hydrogen-bond donors (Lipinski definition) is 0. The molecular weight excluding hydrogens is 250 g/mol. The average Bonchev–Trinajstić information content (AvgIpc) is 2.97. The van der Waals surface area contributed by atoms with Crippen molar-refractivity contribution in [1.82, 2.24) is 0 Å². The van der Waals surface area contributed by atoms with E-state index in [0.29, 0.717) is 5.70 Å². The van der Waals surface area contributed by atoms with Crippen molar-refractivity contribution >= 4 is 43.4 Å². The number of allylic oxidation sites excluding steroid dienone is 1. The molecule has 1 nitrogen and oxygen atoms in total. The van der Waals surface area contributed by atoms with E-state index in [9.17, 15) is 0 Å². The molecule has 19 heavy (non-hydrogen) atoms. The quantitative estimate of drug-likeness (QED) is 0.572. The summed E-state index contributed by atoms with van der Waals surface area (Å²) >= 11 is 1.62. The zero-order valence-electron chi connectivity index (χ0n) is 14.1. The molecule has 0 fully saturated rings. The molecule has 92 valence electrons. The standard InChI is InChI=1S/C17H13NS/c1-3-11-18-12(2)13-8-6-9-15-14-7-4-5-10-16(14)19-17(13)15/h3-11H,1-2H2/i1D,2D,3D,11D. The molecule has 0 amide bonds. The van der Waals surface area contributed by atoms with Crippen LogP contribution in [0.3, 0.4) is 0 Å². The third-order valence-corrected chi connectivity index (χ3v) is 4.14. The van der Waals surface area contributed by atoms with Gasteiger partial charge in [0.25, 0.3) is 0 Å². The first-order valence-electron chi connectivity index (χ1n) is 7.91. The highest BCUT2D eigenvalue weighted by atomic mass is 32.1. The summed E-state index contributed by atoms with van der Waals surface area (Å²) in [7, 11) is 0. The lowest BCUT2D eigenvalue weighted by atomic mass is 10.1. The van der Waals surface area contributed by atoms with Gasteiger partial charge in [-0.05, 0) is 6.07 Å². The lowest BCUT2D eigenvalue weighted by Crippen LogP contribution is -1.80. The summed E-state index contributed by atoms with van der Waals surface area (Å²) in [5, 5.41) is 2.24. The van der Waals surface area contributed by atoms with Gasteiger partial charge in [-0.3, -0.25) is 4.99 Å². The van der Waals surface area contributed by atoms with Gasteiger partial charge in [-0.1, -0.05) is 55.6 Å². The second kappa shape index (κ2) is 4.82. The van der Waals surface area contributed by atoms with Gasteiger partial charge < -0.3 is 0 Å². The molecule has 0 atom stereocenters. The van der Waals surface area contributed by atoms with Gasteiger partial charge in [-0.2, -0.15) is 0 Å². The molecule has 3 aromatic rings. The summed E-state index contributed by atoms with van der Waals surface area (Å²) in [4.78, 5) is 4.04. The minimum absolute atomic E-state index is 0.284. The molecule has 3 rings (SSSR count). The number of thiophene rings is 1. The predicted molar refractivity (Wildman–Crippen MR) is 87.1 cm³/mol. The highest BCUT2D eigenvalue weighted by molar-refractivity contribution is 7.26. The Morgan fingerprint density at radius 2 is 2.11 bits per heavy atom. The molecule has 1 heterocycles. The molecule has 0 spiro atoms. The van der Waals surface area contributed by atoms with Crippen LogP contribution < -0.4 is 0 Å². The second-order valence-corrected chi connectivity index (χ2v) is 5.09. The fourth-order valence-corrected chi connectivity index (χ4v) is 3.33. The molecule has 0 radical (unpaired) electrons. The Hall–Kier alpha value is -2.19. The van der Waals surface area contributed by atoms with Crippen LogP contribution in [-0.4, -0.2) is 6.19 Å². The monoisotopic (exact) mass is 267 g/mol. The van der Waals surface area contributed by atoms with E-state index < -0.39 is 0 Å². The molecule has 2 aromatic carbocycles. The van der Waals surface area contributed by atoms with Crippen LogP contribution in [0.2, 0.25) is 0 Å². The first kappa shape index (κ1) is 8.08. The Morgan fingerprint density at radius 3 is 3.00 bits per heavy atom. The van der Waals surface area contributed by atoms with Gasteiger partial charge in [-0.25, -0.2) is 0 Å². The molecule has 0 unspecified atom stereocenters. The molecule has 0 N–H and O–H groups in total. The normalized spacial score (nSPS) is 17.2. The van der Waals surface area contributed by atoms with Crippen molar-refractivity contribution in [3.8, 4) is 0 Å². The number of fused-ring (bicyclic) bond motifs is 3. The summed E-state index contributed by atoms with van der Waals surface area (Å²) in [6.45, 7) is 1.86. The van der Waals surface area contributed by atoms with Gasteiger partial charge in [0.2, 0.25) is 0 Å². The third kappa shape index (κ3) is 2.00. The van der Waals surface area contributed by atoms with E-state index in [2.05, 4.69) is 17.1 Å². The van der Waals surface area contributed by atoms with Crippen LogP contribution in [0.5, 0.6) is 0 Å². The molecule has 0 bridgehead atoms. The summed E-state index contributed by atoms with van der Waals surface area (Å²) in [5.74, 6) is 0. The zero-order chi connectivity index (χ0) is 16.4. The number of benzene rings is 2. The maximum atomic E-state index is 7.73. The van der Waals surface area contributed by atoms with Crippen LogP contribution in [-0.2, 0) is 0 Å². The second-order valence-electron chi connectivity index (χ2n) is 4.03. The molecular formula is C17H13NS. The summed E-state index contributed by atoms with van der Waals surface area (Å²) in [5.41, 5.74) is 1.08. The Balaban J connectivity index is 2.23. The molecule has 0 aliphatic heterocycles. The Bertz CT molecular complexity index is 969. The SMILES string of the molecule is [2H]C=C([2H])C([2H])=NC(=C[2H])c1cccc2c1sc1ccccc12. The maximum absolute atomic E-state index is 7.73. The van der Waals surface area contributed by atoms with E-state index in [-0.39, 0.29) is 12.2 Å². The number of aliphatic imine (C=N–C) groups is 1. The van der Waals surface area contributed by atoms with Gasteiger partial charge in [-0.15, -0.1) is 11.3 Å². The van der Waals surface area contributed by atoms with Gasteiger partial charge >= 0.3 is 0 Å². The smallest absolute Gasteiger partial charge is 0.0840 e. The predicted octanol–water partition coefficient (Wildman–Crippen LogP) is 5.28. The third-order valence-electron chi connectivity index (χ3n) is 2.92. The van der Waals surface area contributed by atoms with Gasteiger partial charge in [0.05, 0.1) is 11.2 Å². The van der Waals surface area contributed by atoms with E-state index in [1.165, 1.54) is 0 Å². The Kier molecular flexibility index (Phi) is 2.05. The van der Waals surface area contributed by atoms with Crippen LogP contribution in [0.4, 0.5) is 0 Å². The van der Waals surface area contributed by atoms with Gasteiger partial charge in [0, 0.05) is 31.9 Å². The Labute approximate surface area is 121 Å². The minimum atomic E-state index is -0.323. The molecule has 1 aromatic heterocycles. The van der Waals surface area contributed by atoms with Crippen LogP contribution in [0.25, 0.3) is 25.9 Å². The first-order valence-corrected chi connectivity index (χ1v) is 6.57. The Morgan fingerprint density at radius 1 is 1.21 bits per heavy atom. The van der Waals surface area contributed by atoms with Gasteiger partial charge in [0.15, 0.2) is 0 Å². The molecule has 0 saturated heterocycles. The number of nitrogens with zero attached hydrogens (tertiary/aromatic N) is 1. The largest absolute Gasteiger partial charge is 0.257 e. The highest BCUT2D eigenvalue weighted by Crippen LogP contribution is 2.37. The van der Waals surface area contributed by atoms with Crippen LogP contribution >= 0.6 is 11.3 Å². The van der Waals surface area contributed by atoms with Crippen molar-refractivity contribution in [3.05, 3.63) is 67.2 Å². The average molecular weight is 267 g/mol. The van der Waals surface area contributed by atoms with Gasteiger partial charge in [0.1, 0.15) is 0 Å². The van der Waals surface area contributed by atoms with Crippen LogP contribution in [0.1, 0.15) is 11.0 Å². The van der Waals surface area contributed by atoms with E-state index in [4.69, 9.17) is 5.48 Å². The zero-order valence-corrected chi connectivity index (χ0v) is 10.9. The van der Waals surface area contributed by atoms with E-state index in [1.807, 2.05) is 30.3 Å². The topological polar surface area (TPSA) is 12.4 Å². The van der Waals surface area contributed by atoms with Crippen molar-refractivity contribution in [1.29, 1.82) is 0 Å². The van der Waals surface area contributed by atoms with Crippen molar-refractivity contribution < 1.29 is 5.48 Å². The van der Waals surface area contributed by atoms with Crippen molar-refractivity contribution in [3.63, 3.8) is 0 Å². The lowest BCUT2D eigenvalue weighted by Gasteiger charge is -2.01.